The van der Waals surface area contributed by atoms with Crippen LogP contribution in [0.1, 0.15) is 16.7 Å². The Morgan fingerprint density at radius 1 is 0.875 bits per heavy atom. The summed E-state index contributed by atoms with van der Waals surface area (Å²) in [4.78, 5) is 4.60. The molecule has 0 amide bonds. The largest absolute Gasteiger partial charge is 0.457 e. The molecule has 0 aliphatic carbocycles. The first kappa shape index (κ1) is 25.7. The fourth-order valence-electron chi connectivity index (χ4n) is 3.13. The molecule has 8 heteroatoms. The molecule has 3 aromatic rings. The zero-order chi connectivity index (χ0) is 22.3. The van der Waals surface area contributed by atoms with Crippen molar-refractivity contribution in [2.75, 3.05) is 13.3 Å². The third-order valence-electron chi connectivity index (χ3n) is 4.68. The molecule has 0 bridgehead atoms. The van der Waals surface area contributed by atoms with Crippen LogP contribution in [-0.4, -0.2) is 27.7 Å². The third-order valence-corrected chi connectivity index (χ3v) is 5.94. The number of rotatable bonds is 7. The molecule has 32 heavy (non-hydrogen) atoms. The topological polar surface area (TPSA) is 79.8 Å². The van der Waals surface area contributed by atoms with Gasteiger partial charge in [0.1, 0.15) is 11.5 Å². The van der Waals surface area contributed by atoms with Crippen LogP contribution in [0.25, 0.3) is 0 Å². The maximum Gasteiger partial charge on any atom is 0.191 e. The van der Waals surface area contributed by atoms with E-state index in [2.05, 4.69) is 15.6 Å². The van der Waals surface area contributed by atoms with Crippen LogP contribution in [0.3, 0.4) is 0 Å². The van der Waals surface area contributed by atoms with Gasteiger partial charge in [-0.1, -0.05) is 42.5 Å². The van der Waals surface area contributed by atoms with Crippen LogP contribution in [0, 0.1) is 6.92 Å². The van der Waals surface area contributed by atoms with Gasteiger partial charge in [0.25, 0.3) is 0 Å². The summed E-state index contributed by atoms with van der Waals surface area (Å²) >= 11 is 0. The standard InChI is InChI=1S/C24H27N3O3S.HI/c1-18-15-20(11-14-23(18)31(3,28)29)17-27-24(25-2)26-16-19-9-12-22(13-10-19)30-21-7-5-4-6-8-21;/h4-15H,16-17H2,1-3H3,(H2,25,26,27);1H. The van der Waals surface area contributed by atoms with E-state index in [1.165, 1.54) is 6.26 Å². The molecular formula is C24H28IN3O3S. The molecule has 0 saturated heterocycles. The van der Waals surface area contributed by atoms with Crippen molar-refractivity contribution in [2.24, 2.45) is 4.99 Å². The summed E-state index contributed by atoms with van der Waals surface area (Å²) in [6, 6.07) is 22.9. The number of ether oxygens (including phenoxy) is 1. The van der Waals surface area contributed by atoms with Crippen LogP contribution in [0.5, 0.6) is 11.5 Å². The third kappa shape index (κ3) is 7.52. The van der Waals surface area contributed by atoms with Crippen LogP contribution >= 0.6 is 24.0 Å². The van der Waals surface area contributed by atoms with E-state index >= 15 is 0 Å². The number of aliphatic imine (C=N–C) groups is 1. The zero-order valence-corrected chi connectivity index (χ0v) is 21.5. The van der Waals surface area contributed by atoms with E-state index in [0.29, 0.717) is 23.9 Å². The molecule has 0 heterocycles. The quantitative estimate of drug-likeness (QED) is 0.247. The summed E-state index contributed by atoms with van der Waals surface area (Å²) in [7, 11) is -1.50. The van der Waals surface area contributed by atoms with Gasteiger partial charge in [0, 0.05) is 26.4 Å². The van der Waals surface area contributed by atoms with E-state index in [0.717, 1.165) is 28.2 Å². The summed E-state index contributed by atoms with van der Waals surface area (Å²) < 4.78 is 29.3. The van der Waals surface area contributed by atoms with Crippen molar-refractivity contribution in [1.82, 2.24) is 10.6 Å². The van der Waals surface area contributed by atoms with E-state index in [-0.39, 0.29) is 24.0 Å². The first-order valence-corrected chi connectivity index (χ1v) is 11.8. The second-order valence-electron chi connectivity index (χ2n) is 7.21. The second-order valence-corrected chi connectivity index (χ2v) is 9.19. The lowest BCUT2D eigenvalue weighted by Crippen LogP contribution is -2.36. The highest BCUT2D eigenvalue weighted by molar-refractivity contribution is 14.0. The molecule has 3 rings (SSSR count). The van der Waals surface area contributed by atoms with Crippen molar-refractivity contribution >= 4 is 39.8 Å². The van der Waals surface area contributed by atoms with Gasteiger partial charge < -0.3 is 15.4 Å². The molecule has 0 aliphatic heterocycles. The fourth-order valence-corrected chi connectivity index (χ4v) is 4.09. The minimum atomic E-state index is -3.21. The number of para-hydroxylation sites is 1. The Bertz CT molecular complexity index is 1150. The van der Waals surface area contributed by atoms with Gasteiger partial charge in [0.15, 0.2) is 15.8 Å². The number of benzene rings is 3. The highest BCUT2D eigenvalue weighted by Crippen LogP contribution is 2.21. The molecular weight excluding hydrogens is 537 g/mol. The molecule has 0 radical (unpaired) electrons. The van der Waals surface area contributed by atoms with Gasteiger partial charge in [0.05, 0.1) is 4.90 Å². The summed E-state index contributed by atoms with van der Waals surface area (Å²) in [5.41, 5.74) is 2.81. The summed E-state index contributed by atoms with van der Waals surface area (Å²) in [5.74, 6) is 2.25. The van der Waals surface area contributed by atoms with Crippen LogP contribution < -0.4 is 15.4 Å². The maximum absolute atomic E-state index is 11.8. The van der Waals surface area contributed by atoms with E-state index < -0.39 is 9.84 Å². The molecule has 0 spiro atoms. The number of halogens is 1. The van der Waals surface area contributed by atoms with Crippen molar-refractivity contribution in [2.45, 2.75) is 24.9 Å². The molecule has 0 saturated carbocycles. The van der Waals surface area contributed by atoms with Crippen molar-refractivity contribution < 1.29 is 13.2 Å². The van der Waals surface area contributed by atoms with Gasteiger partial charge in [-0.05, 0) is 53.9 Å². The van der Waals surface area contributed by atoms with Crippen LogP contribution in [-0.2, 0) is 22.9 Å². The number of aryl methyl sites for hydroxylation is 1. The summed E-state index contributed by atoms with van der Waals surface area (Å²) in [6.45, 7) is 2.95. The van der Waals surface area contributed by atoms with Gasteiger partial charge in [0.2, 0.25) is 0 Å². The average Bonchev–Trinajstić information content (AvgIpc) is 2.75. The first-order chi connectivity index (χ1) is 14.8. The van der Waals surface area contributed by atoms with Gasteiger partial charge >= 0.3 is 0 Å². The van der Waals surface area contributed by atoms with E-state index in [9.17, 15) is 8.42 Å². The number of hydrogen-bond donors (Lipinski definition) is 2. The molecule has 0 aromatic heterocycles. The van der Waals surface area contributed by atoms with Crippen molar-refractivity contribution in [3.8, 4) is 11.5 Å². The normalized spacial score (nSPS) is 11.4. The van der Waals surface area contributed by atoms with Gasteiger partial charge in [-0.3, -0.25) is 4.99 Å². The molecule has 0 unspecified atom stereocenters. The van der Waals surface area contributed by atoms with Crippen LogP contribution in [0.15, 0.2) is 82.7 Å². The Morgan fingerprint density at radius 3 is 2.00 bits per heavy atom. The van der Waals surface area contributed by atoms with Crippen molar-refractivity contribution in [3.63, 3.8) is 0 Å². The Morgan fingerprint density at radius 2 is 1.44 bits per heavy atom. The molecule has 0 fully saturated rings. The molecule has 170 valence electrons. The molecule has 0 atom stereocenters. The minimum Gasteiger partial charge on any atom is -0.457 e. The monoisotopic (exact) mass is 565 g/mol. The smallest absolute Gasteiger partial charge is 0.191 e. The molecule has 2 N–H and O–H groups in total. The summed E-state index contributed by atoms with van der Waals surface area (Å²) in [5, 5.41) is 6.53. The maximum atomic E-state index is 11.8. The van der Waals surface area contributed by atoms with E-state index in [1.54, 1.807) is 20.0 Å². The predicted octanol–water partition coefficient (Wildman–Crippen LogP) is 4.67. The van der Waals surface area contributed by atoms with Gasteiger partial charge in [-0.2, -0.15) is 0 Å². The van der Waals surface area contributed by atoms with Crippen molar-refractivity contribution in [1.29, 1.82) is 0 Å². The molecule has 6 nitrogen and oxygen atoms in total. The molecule has 0 aliphatic rings. The van der Waals surface area contributed by atoms with Gasteiger partial charge in [-0.25, -0.2) is 8.42 Å². The second kappa shape index (κ2) is 11.9. The predicted molar refractivity (Wildman–Crippen MR) is 140 cm³/mol. The lowest BCUT2D eigenvalue weighted by atomic mass is 10.1. The highest BCUT2D eigenvalue weighted by atomic mass is 127. The fraction of sp³-hybridized carbons (Fsp3) is 0.208. The average molecular weight is 565 g/mol. The SMILES string of the molecule is CN=C(NCc1ccc(Oc2ccccc2)cc1)NCc1ccc(S(C)(=O)=O)c(C)c1.I. The minimum absolute atomic E-state index is 0. The number of sulfone groups is 1. The zero-order valence-electron chi connectivity index (χ0n) is 18.3. The number of hydrogen-bond acceptors (Lipinski definition) is 4. The lowest BCUT2D eigenvalue weighted by Gasteiger charge is -2.13. The Balaban J connectivity index is 0.00000363. The summed E-state index contributed by atoms with van der Waals surface area (Å²) in [6.07, 6.45) is 1.22. The number of nitrogens with zero attached hydrogens (tertiary/aromatic N) is 1. The van der Waals surface area contributed by atoms with Crippen LogP contribution in [0.2, 0.25) is 0 Å². The highest BCUT2D eigenvalue weighted by Gasteiger charge is 2.11. The van der Waals surface area contributed by atoms with E-state index in [4.69, 9.17) is 4.74 Å². The first-order valence-electron chi connectivity index (χ1n) is 9.91. The Labute approximate surface area is 207 Å². The lowest BCUT2D eigenvalue weighted by molar-refractivity contribution is 0.482. The molecule has 3 aromatic carbocycles. The van der Waals surface area contributed by atoms with Crippen LogP contribution in [0.4, 0.5) is 0 Å². The number of guanidine groups is 1. The van der Waals surface area contributed by atoms with E-state index in [1.807, 2.05) is 66.7 Å². The van der Waals surface area contributed by atoms with Gasteiger partial charge in [-0.15, -0.1) is 24.0 Å². The number of nitrogens with one attached hydrogen (secondary N) is 2. The Kier molecular flexibility index (Phi) is 9.52. The van der Waals surface area contributed by atoms with Crippen molar-refractivity contribution in [3.05, 3.63) is 89.5 Å². The Hall–Kier alpha value is -2.59.